The van der Waals surface area contributed by atoms with Crippen molar-refractivity contribution in [2.24, 2.45) is 0 Å². The average molecular weight is 224 g/mol. The van der Waals surface area contributed by atoms with Gasteiger partial charge in [0.15, 0.2) is 0 Å². The predicted octanol–water partition coefficient (Wildman–Crippen LogP) is 3.04. The summed E-state index contributed by atoms with van der Waals surface area (Å²) in [6, 6.07) is 0. The molecule has 1 N–H and O–H groups in total. The number of hydrogen-bond acceptors (Lipinski definition) is 3. The van der Waals surface area contributed by atoms with E-state index in [4.69, 9.17) is 4.98 Å². The molecule has 1 aromatic rings. The van der Waals surface area contributed by atoms with Gasteiger partial charge in [0.1, 0.15) is 0 Å². The minimum absolute atomic E-state index is 0.195. The molecule has 0 bridgehead atoms. The molecule has 0 amide bonds. The van der Waals surface area contributed by atoms with Crippen molar-refractivity contribution in [1.29, 1.82) is 0 Å². The summed E-state index contributed by atoms with van der Waals surface area (Å²) in [6.07, 6.45) is 2.67. The Morgan fingerprint density at radius 3 is 2.53 bits per heavy atom. The SMILES string of the molecule is CNCc1sc(C(C)(C)C)nc1C1CC1. The second-order valence-electron chi connectivity index (χ2n) is 5.38. The molecular formula is C12H20N2S. The van der Waals surface area contributed by atoms with Gasteiger partial charge in [-0.1, -0.05) is 20.8 Å². The second kappa shape index (κ2) is 3.87. The van der Waals surface area contributed by atoms with Crippen LogP contribution in [0, 0.1) is 0 Å². The maximum Gasteiger partial charge on any atom is 0.0985 e. The Hall–Kier alpha value is -0.410. The lowest BCUT2D eigenvalue weighted by Crippen LogP contribution is -2.10. The van der Waals surface area contributed by atoms with Crippen LogP contribution in [0.1, 0.15) is 55.1 Å². The third-order valence-electron chi connectivity index (χ3n) is 2.67. The molecule has 0 saturated heterocycles. The van der Waals surface area contributed by atoms with Crippen LogP contribution < -0.4 is 5.32 Å². The molecule has 84 valence electrons. The number of hydrogen-bond donors (Lipinski definition) is 1. The van der Waals surface area contributed by atoms with E-state index in [0.29, 0.717) is 0 Å². The largest absolute Gasteiger partial charge is 0.315 e. The summed E-state index contributed by atoms with van der Waals surface area (Å²) in [7, 11) is 2.01. The lowest BCUT2D eigenvalue weighted by molar-refractivity contribution is 0.583. The van der Waals surface area contributed by atoms with E-state index in [2.05, 4.69) is 26.1 Å². The van der Waals surface area contributed by atoms with Crippen molar-refractivity contribution in [2.45, 2.75) is 51.5 Å². The molecule has 0 aromatic carbocycles. The van der Waals surface area contributed by atoms with Gasteiger partial charge in [-0.05, 0) is 19.9 Å². The molecule has 1 fully saturated rings. The Labute approximate surface area is 96.1 Å². The third-order valence-corrected chi connectivity index (χ3v) is 4.17. The monoisotopic (exact) mass is 224 g/mol. The molecular weight excluding hydrogens is 204 g/mol. The summed E-state index contributed by atoms with van der Waals surface area (Å²) in [5, 5.41) is 4.53. The van der Waals surface area contributed by atoms with E-state index in [1.165, 1.54) is 28.4 Å². The molecule has 2 nitrogen and oxygen atoms in total. The number of aromatic nitrogens is 1. The first-order valence-corrected chi connectivity index (χ1v) is 6.48. The van der Waals surface area contributed by atoms with Gasteiger partial charge in [-0.25, -0.2) is 4.98 Å². The maximum atomic E-state index is 4.84. The Balaban J connectivity index is 2.31. The van der Waals surface area contributed by atoms with Crippen molar-refractivity contribution < 1.29 is 0 Å². The van der Waals surface area contributed by atoms with E-state index in [1.54, 1.807) is 0 Å². The number of rotatable bonds is 3. The molecule has 3 heteroatoms. The normalized spacial score (nSPS) is 17.1. The standard InChI is InChI=1S/C12H20N2S/c1-12(2,3)11-14-10(8-5-6-8)9(15-11)7-13-4/h8,13H,5-7H2,1-4H3. The lowest BCUT2D eigenvalue weighted by Gasteiger charge is -2.13. The van der Waals surface area contributed by atoms with Gasteiger partial charge < -0.3 is 5.32 Å². The zero-order valence-corrected chi connectivity index (χ0v) is 10.9. The van der Waals surface area contributed by atoms with E-state index < -0.39 is 0 Å². The Bertz CT molecular complexity index is 345. The first kappa shape index (κ1) is 11.1. The fourth-order valence-corrected chi connectivity index (χ4v) is 2.86. The lowest BCUT2D eigenvalue weighted by atomic mass is 9.98. The van der Waals surface area contributed by atoms with Gasteiger partial charge in [0.05, 0.1) is 10.7 Å². The van der Waals surface area contributed by atoms with Crippen molar-refractivity contribution in [1.82, 2.24) is 10.3 Å². The Morgan fingerprint density at radius 1 is 1.40 bits per heavy atom. The van der Waals surface area contributed by atoms with E-state index in [0.717, 1.165) is 12.5 Å². The zero-order chi connectivity index (χ0) is 11.1. The van der Waals surface area contributed by atoms with Gasteiger partial charge in [-0.15, -0.1) is 11.3 Å². The molecule has 1 heterocycles. The van der Waals surface area contributed by atoms with E-state index in [1.807, 2.05) is 18.4 Å². The average Bonchev–Trinajstić information content (AvgIpc) is 2.87. The third kappa shape index (κ3) is 2.40. The van der Waals surface area contributed by atoms with Crippen LogP contribution >= 0.6 is 11.3 Å². The van der Waals surface area contributed by atoms with Crippen LogP contribution in [0.5, 0.6) is 0 Å². The van der Waals surface area contributed by atoms with E-state index in [-0.39, 0.29) is 5.41 Å². The maximum absolute atomic E-state index is 4.84. The molecule has 0 aliphatic heterocycles. The van der Waals surface area contributed by atoms with Crippen LogP contribution in [0.2, 0.25) is 0 Å². The number of nitrogens with zero attached hydrogens (tertiary/aromatic N) is 1. The highest BCUT2D eigenvalue weighted by Crippen LogP contribution is 2.44. The summed E-state index contributed by atoms with van der Waals surface area (Å²) >= 11 is 1.89. The fraction of sp³-hybridized carbons (Fsp3) is 0.750. The summed E-state index contributed by atoms with van der Waals surface area (Å²) < 4.78 is 0. The zero-order valence-electron chi connectivity index (χ0n) is 10.1. The molecule has 0 unspecified atom stereocenters. The van der Waals surface area contributed by atoms with Crippen LogP contribution in [0.15, 0.2) is 0 Å². The first-order valence-electron chi connectivity index (χ1n) is 5.67. The van der Waals surface area contributed by atoms with Crippen molar-refractivity contribution >= 4 is 11.3 Å². The highest BCUT2D eigenvalue weighted by Gasteiger charge is 2.31. The fourth-order valence-electron chi connectivity index (χ4n) is 1.65. The van der Waals surface area contributed by atoms with Crippen molar-refractivity contribution in [3.8, 4) is 0 Å². The van der Waals surface area contributed by atoms with E-state index in [9.17, 15) is 0 Å². The summed E-state index contributed by atoms with van der Waals surface area (Å²) in [4.78, 5) is 6.29. The molecule has 0 atom stereocenters. The van der Waals surface area contributed by atoms with E-state index >= 15 is 0 Å². The molecule has 2 rings (SSSR count). The van der Waals surface area contributed by atoms with Gasteiger partial charge in [-0.2, -0.15) is 0 Å². The quantitative estimate of drug-likeness (QED) is 0.853. The smallest absolute Gasteiger partial charge is 0.0985 e. The van der Waals surface area contributed by atoms with Crippen LogP contribution in [-0.4, -0.2) is 12.0 Å². The highest BCUT2D eigenvalue weighted by molar-refractivity contribution is 7.11. The summed E-state index contributed by atoms with van der Waals surface area (Å²) in [5.74, 6) is 0.765. The van der Waals surface area contributed by atoms with Gasteiger partial charge in [-0.3, -0.25) is 0 Å². The molecule has 1 aromatic heterocycles. The highest BCUT2D eigenvalue weighted by atomic mass is 32.1. The van der Waals surface area contributed by atoms with Crippen molar-refractivity contribution in [3.05, 3.63) is 15.6 Å². The molecule has 1 aliphatic carbocycles. The molecule has 0 spiro atoms. The van der Waals surface area contributed by atoms with Gasteiger partial charge in [0.25, 0.3) is 0 Å². The van der Waals surface area contributed by atoms with Crippen LogP contribution in [0.25, 0.3) is 0 Å². The topological polar surface area (TPSA) is 24.9 Å². The summed E-state index contributed by atoms with van der Waals surface area (Å²) in [5.41, 5.74) is 1.57. The molecule has 0 radical (unpaired) electrons. The molecule has 1 saturated carbocycles. The van der Waals surface area contributed by atoms with Crippen LogP contribution in [-0.2, 0) is 12.0 Å². The predicted molar refractivity (Wildman–Crippen MR) is 65.6 cm³/mol. The molecule has 15 heavy (non-hydrogen) atoms. The van der Waals surface area contributed by atoms with Crippen LogP contribution in [0.4, 0.5) is 0 Å². The Morgan fingerprint density at radius 2 is 2.07 bits per heavy atom. The van der Waals surface area contributed by atoms with Gasteiger partial charge in [0, 0.05) is 22.8 Å². The minimum Gasteiger partial charge on any atom is -0.315 e. The number of nitrogens with one attached hydrogen (secondary N) is 1. The van der Waals surface area contributed by atoms with Gasteiger partial charge >= 0.3 is 0 Å². The molecule has 1 aliphatic rings. The number of thiazole rings is 1. The summed E-state index contributed by atoms with van der Waals surface area (Å²) in [6.45, 7) is 7.70. The first-order chi connectivity index (χ1) is 7.02. The second-order valence-corrected chi connectivity index (χ2v) is 6.47. The minimum atomic E-state index is 0.195. The van der Waals surface area contributed by atoms with Crippen LogP contribution in [0.3, 0.4) is 0 Å². The Kier molecular flexibility index (Phi) is 2.86. The van der Waals surface area contributed by atoms with Crippen molar-refractivity contribution in [2.75, 3.05) is 7.05 Å². The van der Waals surface area contributed by atoms with Gasteiger partial charge in [0.2, 0.25) is 0 Å². The van der Waals surface area contributed by atoms with Crippen molar-refractivity contribution in [3.63, 3.8) is 0 Å².